The Bertz CT molecular complexity index is 1020. The van der Waals surface area contributed by atoms with Gasteiger partial charge in [0.1, 0.15) is 5.65 Å². The number of nitrogens with zero attached hydrogens (tertiary/aromatic N) is 4. The minimum absolute atomic E-state index is 0.0464. The number of fused-ring (bicyclic) bond motifs is 1. The molecule has 7 heteroatoms. The van der Waals surface area contributed by atoms with Gasteiger partial charge in [-0.15, -0.1) is 11.3 Å². The second kappa shape index (κ2) is 7.85. The number of hydrogen-bond acceptors (Lipinski definition) is 5. The van der Waals surface area contributed by atoms with Gasteiger partial charge in [0.05, 0.1) is 5.69 Å². The van der Waals surface area contributed by atoms with Gasteiger partial charge in [0.15, 0.2) is 0 Å². The Morgan fingerprint density at radius 2 is 2.00 bits per heavy atom. The van der Waals surface area contributed by atoms with Crippen molar-refractivity contribution < 1.29 is 4.79 Å². The van der Waals surface area contributed by atoms with Crippen LogP contribution in [0.1, 0.15) is 10.6 Å². The molecule has 0 spiro atoms. The number of hydrogen-bond donors (Lipinski definition) is 0. The van der Waals surface area contributed by atoms with Crippen LogP contribution in [0.5, 0.6) is 0 Å². The summed E-state index contributed by atoms with van der Waals surface area (Å²) in [5.41, 5.74) is 1.36. The lowest BCUT2D eigenvalue weighted by molar-refractivity contribution is -0.127. The predicted octanol–water partition coefficient (Wildman–Crippen LogP) is 2.11. The number of piperazine rings is 1. The van der Waals surface area contributed by atoms with Crippen molar-refractivity contribution in [2.45, 2.75) is 6.54 Å². The van der Waals surface area contributed by atoms with Gasteiger partial charge >= 0.3 is 0 Å². The van der Waals surface area contributed by atoms with E-state index in [4.69, 9.17) is 0 Å². The highest BCUT2D eigenvalue weighted by Gasteiger charge is 2.20. The Labute approximate surface area is 161 Å². The smallest absolute Gasteiger partial charge is 0.258 e. The standard InChI is InChI=1S/C20H20N4O2S/c25-19(7-6-17-4-3-13-27-17)23-11-9-22(10-12-23)15-16-14-20(26)24-8-2-1-5-18(24)21-16/h1-8,13-14H,9-12,15H2. The van der Waals surface area contributed by atoms with Crippen LogP contribution in [0.4, 0.5) is 0 Å². The van der Waals surface area contributed by atoms with Gasteiger partial charge < -0.3 is 4.90 Å². The quantitative estimate of drug-likeness (QED) is 0.651. The molecule has 138 valence electrons. The molecule has 0 atom stereocenters. The zero-order valence-electron chi connectivity index (χ0n) is 14.8. The third-order valence-corrected chi connectivity index (χ3v) is 5.46. The number of pyridine rings is 1. The third-order valence-electron chi connectivity index (χ3n) is 4.63. The molecule has 0 N–H and O–H groups in total. The number of rotatable bonds is 4. The van der Waals surface area contributed by atoms with Gasteiger partial charge in [-0.3, -0.25) is 18.9 Å². The maximum atomic E-state index is 12.3. The van der Waals surface area contributed by atoms with Crippen molar-refractivity contribution in [2.24, 2.45) is 0 Å². The summed E-state index contributed by atoms with van der Waals surface area (Å²) in [5, 5.41) is 2.00. The number of amides is 1. The zero-order chi connectivity index (χ0) is 18.6. The van der Waals surface area contributed by atoms with Crippen LogP contribution in [0.2, 0.25) is 0 Å². The number of aromatic nitrogens is 2. The second-order valence-electron chi connectivity index (χ2n) is 6.46. The molecule has 0 radical (unpaired) electrons. The van der Waals surface area contributed by atoms with Crippen LogP contribution in [0, 0.1) is 0 Å². The average molecular weight is 380 g/mol. The first-order valence-corrected chi connectivity index (χ1v) is 9.77. The van der Waals surface area contributed by atoms with Crippen molar-refractivity contribution in [2.75, 3.05) is 26.2 Å². The Hall–Kier alpha value is -2.77. The van der Waals surface area contributed by atoms with E-state index in [1.54, 1.807) is 34.1 Å². The molecule has 6 nitrogen and oxygen atoms in total. The summed E-state index contributed by atoms with van der Waals surface area (Å²) in [5.74, 6) is 0.0464. The van der Waals surface area contributed by atoms with Gasteiger partial charge in [-0.25, -0.2) is 4.98 Å². The van der Waals surface area contributed by atoms with Crippen molar-refractivity contribution in [1.29, 1.82) is 0 Å². The van der Waals surface area contributed by atoms with Crippen LogP contribution < -0.4 is 5.56 Å². The minimum Gasteiger partial charge on any atom is -0.337 e. The lowest BCUT2D eigenvalue weighted by Crippen LogP contribution is -2.48. The Morgan fingerprint density at radius 3 is 2.78 bits per heavy atom. The monoisotopic (exact) mass is 380 g/mol. The normalized spacial score (nSPS) is 15.6. The van der Waals surface area contributed by atoms with Crippen molar-refractivity contribution in [3.63, 3.8) is 0 Å². The molecule has 1 amide bonds. The van der Waals surface area contributed by atoms with E-state index in [1.165, 1.54) is 0 Å². The number of thiophene rings is 1. The summed E-state index contributed by atoms with van der Waals surface area (Å²) >= 11 is 1.62. The highest BCUT2D eigenvalue weighted by atomic mass is 32.1. The highest BCUT2D eigenvalue weighted by molar-refractivity contribution is 7.10. The molecule has 3 aromatic heterocycles. The average Bonchev–Trinajstić information content (AvgIpc) is 3.20. The van der Waals surface area contributed by atoms with E-state index < -0.39 is 0 Å². The SMILES string of the molecule is O=C(C=Cc1cccs1)N1CCN(Cc2cc(=O)n3ccccc3n2)CC1. The zero-order valence-corrected chi connectivity index (χ0v) is 15.6. The van der Waals surface area contributed by atoms with Crippen LogP contribution in [0.3, 0.4) is 0 Å². The molecule has 27 heavy (non-hydrogen) atoms. The molecule has 0 aliphatic carbocycles. The highest BCUT2D eigenvalue weighted by Crippen LogP contribution is 2.12. The van der Waals surface area contributed by atoms with Crippen molar-refractivity contribution in [3.05, 3.63) is 75.0 Å². The molecule has 4 rings (SSSR count). The molecular formula is C20H20N4O2S. The maximum Gasteiger partial charge on any atom is 0.258 e. The van der Waals surface area contributed by atoms with E-state index >= 15 is 0 Å². The van der Waals surface area contributed by atoms with Crippen LogP contribution in [0.25, 0.3) is 11.7 Å². The first kappa shape index (κ1) is 17.6. The van der Waals surface area contributed by atoms with E-state index in [0.29, 0.717) is 25.3 Å². The lowest BCUT2D eigenvalue weighted by Gasteiger charge is -2.34. The van der Waals surface area contributed by atoms with E-state index in [1.807, 2.05) is 46.7 Å². The van der Waals surface area contributed by atoms with E-state index in [0.717, 1.165) is 23.7 Å². The summed E-state index contributed by atoms with van der Waals surface area (Å²) in [6.45, 7) is 3.52. The topological polar surface area (TPSA) is 57.9 Å². The fourth-order valence-corrected chi connectivity index (χ4v) is 3.80. The molecule has 1 fully saturated rings. The number of carbonyl (C=O) groups is 1. The molecule has 0 aromatic carbocycles. The molecule has 3 aromatic rings. The summed E-state index contributed by atoms with van der Waals surface area (Å²) in [7, 11) is 0. The fourth-order valence-electron chi connectivity index (χ4n) is 3.18. The second-order valence-corrected chi connectivity index (χ2v) is 7.44. The molecule has 1 saturated heterocycles. The van der Waals surface area contributed by atoms with E-state index in [-0.39, 0.29) is 11.5 Å². The summed E-state index contributed by atoms with van der Waals surface area (Å²) in [4.78, 5) is 34.3. The Kier molecular flexibility index (Phi) is 5.13. The predicted molar refractivity (Wildman–Crippen MR) is 107 cm³/mol. The van der Waals surface area contributed by atoms with Crippen LogP contribution in [0.15, 0.2) is 58.8 Å². The summed E-state index contributed by atoms with van der Waals surface area (Å²) in [6, 6.07) is 11.1. The maximum absolute atomic E-state index is 12.3. The van der Waals surface area contributed by atoms with Crippen molar-refractivity contribution in [1.82, 2.24) is 19.2 Å². The minimum atomic E-state index is -0.0665. The van der Waals surface area contributed by atoms with Gasteiger partial charge in [-0.05, 0) is 29.7 Å². The van der Waals surface area contributed by atoms with E-state index in [9.17, 15) is 9.59 Å². The molecule has 1 aliphatic rings. The first-order chi connectivity index (χ1) is 13.2. The van der Waals surface area contributed by atoms with Crippen LogP contribution >= 0.6 is 11.3 Å². The fraction of sp³-hybridized carbons (Fsp3) is 0.250. The van der Waals surface area contributed by atoms with Crippen LogP contribution in [-0.4, -0.2) is 51.3 Å². The molecule has 1 aliphatic heterocycles. The third kappa shape index (κ3) is 4.15. The number of carbonyl (C=O) groups excluding carboxylic acids is 1. The van der Waals surface area contributed by atoms with Gasteiger partial charge in [0, 0.05) is 55.9 Å². The van der Waals surface area contributed by atoms with Gasteiger partial charge in [0.25, 0.3) is 5.56 Å². The summed E-state index contributed by atoms with van der Waals surface area (Å²) in [6.07, 6.45) is 5.24. The molecule has 0 bridgehead atoms. The van der Waals surface area contributed by atoms with Crippen molar-refractivity contribution in [3.8, 4) is 0 Å². The van der Waals surface area contributed by atoms with Gasteiger partial charge in [-0.2, -0.15) is 0 Å². The lowest BCUT2D eigenvalue weighted by atomic mass is 10.2. The molecule has 4 heterocycles. The largest absolute Gasteiger partial charge is 0.337 e. The molecule has 0 saturated carbocycles. The van der Waals surface area contributed by atoms with Gasteiger partial charge in [0.2, 0.25) is 5.91 Å². The summed E-state index contributed by atoms with van der Waals surface area (Å²) < 4.78 is 1.54. The Morgan fingerprint density at radius 1 is 1.15 bits per heavy atom. The molecule has 0 unspecified atom stereocenters. The first-order valence-electron chi connectivity index (χ1n) is 8.89. The van der Waals surface area contributed by atoms with Gasteiger partial charge in [-0.1, -0.05) is 12.1 Å². The van der Waals surface area contributed by atoms with E-state index in [2.05, 4.69) is 9.88 Å². The van der Waals surface area contributed by atoms with Crippen molar-refractivity contribution >= 4 is 29.0 Å². The van der Waals surface area contributed by atoms with Crippen LogP contribution in [-0.2, 0) is 11.3 Å². The Balaban J connectivity index is 1.35. The molecular weight excluding hydrogens is 360 g/mol.